The van der Waals surface area contributed by atoms with Crippen molar-refractivity contribution in [3.05, 3.63) is 0 Å². The molecule has 0 atom stereocenters. The van der Waals surface area contributed by atoms with Crippen molar-refractivity contribution in [1.29, 1.82) is 0 Å². The van der Waals surface area contributed by atoms with Gasteiger partial charge in [-0.3, -0.25) is 0 Å². The van der Waals surface area contributed by atoms with Crippen LogP contribution in [0.3, 0.4) is 0 Å². The molecule has 0 bridgehead atoms. The van der Waals surface area contributed by atoms with Crippen LogP contribution in [0.5, 0.6) is 0 Å². The predicted molar refractivity (Wildman–Crippen MR) is 51.7 cm³/mol. The molecule has 0 saturated heterocycles. The Balaban J connectivity index is 3.21. The van der Waals surface area contributed by atoms with Crippen LogP contribution in [-0.2, 0) is 0 Å². The van der Waals surface area contributed by atoms with Gasteiger partial charge in [0.15, 0.2) is 0 Å². The van der Waals surface area contributed by atoms with Crippen molar-refractivity contribution in [2.45, 2.75) is 45.8 Å². The normalized spacial score (nSPS) is 12.6. The Morgan fingerprint density at radius 3 is 2.00 bits per heavy atom. The zero-order valence-corrected chi connectivity index (χ0v) is 8.72. The highest BCUT2D eigenvalue weighted by Gasteiger charge is 2.09. The molecule has 0 aromatic heterocycles. The van der Waals surface area contributed by atoms with E-state index in [2.05, 4.69) is 46.4 Å². The molecule has 1 heteroatoms. The third-order valence-corrected chi connectivity index (χ3v) is 2.54. The Morgan fingerprint density at radius 2 is 1.70 bits per heavy atom. The molecule has 0 aromatic rings. The largest absolute Gasteiger partial charge is 0.156 e. The molecule has 0 aliphatic rings. The van der Waals surface area contributed by atoms with Crippen LogP contribution in [0.2, 0.25) is 0 Å². The Morgan fingerprint density at radius 1 is 1.20 bits per heavy atom. The summed E-state index contributed by atoms with van der Waals surface area (Å²) >= 11 is 2.06. The van der Waals surface area contributed by atoms with Crippen LogP contribution in [0, 0.1) is 5.92 Å². The minimum Gasteiger partial charge on any atom is -0.156 e. The van der Waals surface area contributed by atoms with Gasteiger partial charge < -0.3 is 0 Å². The van der Waals surface area contributed by atoms with Gasteiger partial charge in [0.1, 0.15) is 0 Å². The van der Waals surface area contributed by atoms with Crippen LogP contribution in [0.25, 0.3) is 0 Å². The maximum absolute atomic E-state index is 2.28. The van der Waals surface area contributed by atoms with Gasteiger partial charge in [-0.05, 0) is 18.1 Å². The first-order valence-corrected chi connectivity index (χ1v) is 5.04. The molecular weight excluding hydrogens is 140 g/mol. The monoisotopic (exact) mass is 160 g/mol. The number of hydrogen-bond acceptors (Lipinski definition) is 1. The fourth-order valence-corrected chi connectivity index (χ4v) is 1.80. The van der Waals surface area contributed by atoms with Gasteiger partial charge in [0.05, 0.1) is 0 Å². The number of rotatable bonds is 3. The summed E-state index contributed by atoms with van der Waals surface area (Å²) in [4.78, 5) is 0. The van der Waals surface area contributed by atoms with Gasteiger partial charge in [-0.1, -0.05) is 34.6 Å². The minimum absolute atomic E-state index is 0.453. The molecule has 0 nitrogen and oxygen atoms in total. The lowest BCUT2D eigenvalue weighted by Gasteiger charge is -2.17. The minimum atomic E-state index is 0.453. The fraction of sp³-hybridized carbons (Fsp3) is 1.00. The van der Waals surface area contributed by atoms with Crippen molar-refractivity contribution >= 4 is 11.8 Å². The maximum atomic E-state index is 2.28. The summed E-state index contributed by atoms with van der Waals surface area (Å²) in [5.41, 5.74) is 0. The first-order valence-electron chi connectivity index (χ1n) is 4.06. The van der Waals surface area contributed by atoms with E-state index in [4.69, 9.17) is 0 Å². The third-order valence-electron chi connectivity index (χ3n) is 1.23. The van der Waals surface area contributed by atoms with Gasteiger partial charge >= 0.3 is 0 Å². The van der Waals surface area contributed by atoms with Gasteiger partial charge in [0.2, 0.25) is 0 Å². The fourth-order valence-electron chi connectivity index (χ4n) is 0.601. The highest BCUT2D eigenvalue weighted by atomic mass is 32.2. The second kappa shape index (κ2) is 4.27. The Hall–Kier alpha value is 0.350. The number of thioether (sulfide) groups is 1. The molecule has 0 aromatic carbocycles. The quantitative estimate of drug-likeness (QED) is 0.608. The predicted octanol–water partition coefficient (Wildman–Crippen LogP) is 3.56. The Labute approximate surface area is 69.8 Å². The summed E-state index contributed by atoms with van der Waals surface area (Å²) in [6.45, 7) is 11.4. The highest BCUT2D eigenvalue weighted by Crippen LogP contribution is 2.24. The van der Waals surface area contributed by atoms with E-state index in [9.17, 15) is 0 Å². The molecule has 0 saturated carbocycles. The molecule has 0 aliphatic carbocycles. The van der Waals surface area contributed by atoms with Gasteiger partial charge in [-0.15, -0.1) is 0 Å². The Kier molecular flexibility index (Phi) is 4.42. The Bertz CT molecular complexity index is 79.2. The molecular formula is C9H20S. The molecule has 0 N–H and O–H groups in total. The van der Waals surface area contributed by atoms with Crippen LogP contribution in [0.1, 0.15) is 41.0 Å². The van der Waals surface area contributed by atoms with Gasteiger partial charge in [0.25, 0.3) is 0 Å². The number of hydrogen-bond donors (Lipinski definition) is 0. The lowest BCUT2D eigenvalue weighted by molar-refractivity contribution is 0.629. The van der Waals surface area contributed by atoms with Crippen molar-refractivity contribution in [1.82, 2.24) is 0 Å². The summed E-state index contributed by atoms with van der Waals surface area (Å²) < 4.78 is 0.453. The van der Waals surface area contributed by atoms with Crippen LogP contribution >= 0.6 is 11.8 Å². The van der Waals surface area contributed by atoms with Crippen molar-refractivity contribution < 1.29 is 0 Å². The molecule has 0 unspecified atom stereocenters. The van der Waals surface area contributed by atoms with E-state index in [1.165, 1.54) is 12.2 Å². The second-order valence-electron chi connectivity index (χ2n) is 4.14. The molecule has 62 valence electrons. The van der Waals surface area contributed by atoms with Crippen LogP contribution < -0.4 is 0 Å². The molecule has 0 fully saturated rings. The molecule has 0 amide bonds. The zero-order valence-electron chi connectivity index (χ0n) is 7.90. The second-order valence-corrected chi connectivity index (χ2v) is 6.07. The van der Waals surface area contributed by atoms with E-state index < -0.39 is 0 Å². The van der Waals surface area contributed by atoms with Crippen molar-refractivity contribution in [3.63, 3.8) is 0 Å². The van der Waals surface area contributed by atoms with E-state index in [1.807, 2.05) is 0 Å². The summed E-state index contributed by atoms with van der Waals surface area (Å²) in [6, 6.07) is 0. The third kappa shape index (κ3) is 8.35. The summed E-state index contributed by atoms with van der Waals surface area (Å²) in [7, 11) is 0. The molecule has 0 spiro atoms. The topological polar surface area (TPSA) is 0 Å². The van der Waals surface area contributed by atoms with Gasteiger partial charge in [-0.25, -0.2) is 0 Å². The highest BCUT2D eigenvalue weighted by molar-refractivity contribution is 8.00. The zero-order chi connectivity index (χ0) is 8.20. The molecule has 0 rings (SSSR count). The maximum Gasteiger partial charge on any atom is 0.00750 e. The summed E-state index contributed by atoms with van der Waals surface area (Å²) in [5, 5.41) is 0. The molecule has 0 heterocycles. The van der Waals surface area contributed by atoms with Gasteiger partial charge in [-0.2, -0.15) is 11.8 Å². The lowest BCUT2D eigenvalue weighted by Crippen LogP contribution is -2.08. The van der Waals surface area contributed by atoms with E-state index in [0.29, 0.717) is 4.75 Å². The standard InChI is InChI=1S/C9H20S/c1-8(2)6-7-10-9(3,4)5/h8H,6-7H2,1-5H3. The van der Waals surface area contributed by atoms with Crippen molar-refractivity contribution in [2.75, 3.05) is 5.75 Å². The van der Waals surface area contributed by atoms with Crippen LogP contribution in [0.4, 0.5) is 0 Å². The summed E-state index contributed by atoms with van der Waals surface area (Å²) in [6.07, 6.45) is 1.35. The van der Waals surface area contributed by atoms with Gasteiger partial charge in [0, 0.05) is 4.75 Å². The molecule has 10 heavy (non-hydrogen) atoms. The average Bonchev–Trinajstić information content (AvgIpc) is 1.59. The van der Waals surface area contributed by atoms with E-state index in [1.54, 1.807) is 0 Å². The summed E-state index contributed by atoms with van der Waals surface area (Å²) in [5.74, 6) is 2.16. The van der Waals surface area contributed by atoms with Crippen LogP contribution in [-0.4, -0.2) is 10.5 Å². The smallest absolute Gasteiger partial charge is 0.00750 e. The first-order chi connectivity index (χ1) is 4.42. The lowest BCUT2D eigenvalue weighted by atomic mass is 10.2. The molecule has 0 radical (unpaired) electrons. The van der Waals surface area contributed by atoms with Crippen molar-refractivity contribution in [3.8, 4) is 0 Å². The average molecular weight is 160 g/mol. The van der Waals surface area contributed by atoms with Crippen molar-refractivity contribution in [2.24, 2.45) is 5.92 Å². The van der Waals surface area contributed by atoms with E-state index in [-0.39, 0.29) is 0 Å². The van der Waals surface area contributed by atoms with E-state index in [0.717, 1.165) is 5.92 Å². The van der Waals surface area contributed by atoms with E-state index >= 15 is 0 Å². The first kappa shape index (κ1) is 10.3. The van der Waals surface area contributed by atoms with Crippen LogP contribution in [0.15, 0.2) is 0 Å². The SMILES string of the molecule is CC(C)CCSC(C)(C)C. The molecule has 0 aliphatic heterocycles.